The van der Waals surface area contributed by atoms with E-state index in [1.165, 1.54) is 5.56 Å². The molecular formula is C15H21N3OS. The highest BCUT2D eigenvalue weighted by Crippen LogP contribution is 2.23. The van der Waals surface area contributed by atoms with Gasteiger partial charge in [-0.05, 0) is 36.2 Å². The van der Waals surface area contributed by atoms with Gasteiger partial charge in [-0.2, -0.15) is 11.3 Å². The van der Waals surface area contributed by atoms with Crippen LogP contribution >= 0.6 is 11.3 Å². The molecule has 4 nitrogen and oxygen atoms in total. The van der Waals surface area contributed by atoms with Crippen molar-refractivity contribution in [2.75, 3.05) is 26.2 Å². The number of piperazine rings is 1. The molecular weight excluding hydrogens is 270 g/mol. The molecule has 2 aromatic heterocycles. The number of aromatic nitrogens is 1. The number of aryl methyl sites for hydroxylation is 1. The molecule has 1 unspecified atom stereocenters. The van der Waals surface area contributed by atoms with E-state index in [4.69, 9.17) is 4.42 Å². The van der Waals surface area contributed by atoms with E-state index in [9.17, 15) is 0 Å². The van der Waals surface area contributed by atoms with E-state index in [0.29, 0.717) is 6.04 Å². The molecule has 0 spiro atoms. The van der Waals surface area contributed by atoms with Crippen LogP contribution in [0.1, 0.15) is 30.2 Å². The molecule has 0 bridgehead atoms. The van der Waals surface area contributed by atoms with Crippen molar-refractivity contribution in [2.45, 2.75) is 26.4 Å². The normalized spacial score (nSPS) is 19.3. The number of hydrogen-bond donors (Lipinski definition) is 0. The van der Waals surface area contributed by atoms with Crippen molar-refractivity contribution in [2.24, 2.45) is 0 Å². The standard InChI is InChI=1S/C15H21N3OS/c1-12-9-16-15(19-12)10-17-4-6-18(7-5-17)13(2)14-3-8-20-11-14/h3,8-9,11,13H,4-7,10H2,1-2H3. The number of hydrogen-bond acceptors (Lipinski definition) is 5. The highest BCUT2D eigenvalue weighted by Gasteiger charge is 2.22. The van der Waals surface area contributed by atoms with Crippen LogP contribution in [0, 0.1) is 6.92 Å². The lowest BCUT2D eigenvalue weighted by atomic mass is 10.1. The van der Waals surface area contributed by atoms with Crippen LogP contribution in [-0.2, 0) is 6.54 Å². The van der Waals surface area contributed by atoms with Crippen LogP contribution in [0.4, 0.5) is 0 Å². The fraction of sp³-hybridized carbons (Fsp3) is 0.533. The molecule has 3 rings (SSSR count). The first-order valence-corrected chi connectivity index (χ1v) is 8.06. The minimum atomic E-state index is 0.521. The maximum absolute atomic E-state index is 5.55. The molecule has 0 aromatic carbocycles. The highest BCUT2D eigenvalue weighted by atomic mass is 32.1. The van der Waals surface area contributed by atoms with Gasteiger partial charge in [0.1, 0.15) is 5.76 Å². The van der Waals surface area contributed by atoms with Gasteiger partial charge in [0.15, 0.2) is 0 Å². The maximum Gasteiger partial charge on any atom is 0.208 e. The summed E-state index contributed by atoms with van der Waals surface area (Å²) in [7, 11) is 0. The lowest BCUT2D eigenvalue weighted by molar-refractivity contribution is 0.0921. The van der Waals surface area contributed by atoms with E-state index < -0.39 is 0 Å². The topological polar surface area (TPSA) is 32.5 Å². The zero-order valence-corrected chi connectivity index (χ0v) is 12.9. The van der Waals surface area contributed by atoms with Crippen LogP contribution in [0.25, 0.3) is 0 Å². The van der Waals surface area contributed by atoms with E-state index in [-0.39, 0.29) is 0 Å². The Morgan fingerprint density at radius 3 is 2.75 bits per heavy atom. The van der Waals surface area contributed by atoms with Crippen molar-refractivity contribution < 1.29 is 4.42 Å². The molecule has 2 aromatic rings. The molecule has 0 N–H and O–H groups in total. The highest BCUT2D eigenvalue weighted by molar-refractivity contribution is 7.07. The van der Waals surface area contributed by atoms with Crippen molar-refractivity contribution in [1.29, 1.82) is 0 Å². The Labute approximate surface area is 124 Å². The molecule has 0 saturated carbocycles. The molecule has 0 aliphatic carbocycles. The SMILES string of the molecule is Cc1cnc(CN2CCN(C(C)c3ccsc3)CC2)o1. The van der Waals surface area contributed by atoms with Crippen LogP contribution < -0.4 is 0 Å². The summed E-state index contributed by atoms with van der Waals surface area (Å²) in [5.74, 6) is 1.73. The summed E-state index contributed by atoms with van der Waals surface area (Å²) in [6, 6.07) is 2.75. The Bertz CT molecular complexity index is 529. The van der Waals surface area contributed by atoms with Gasteiger partial charge in [0.25, 0.3) is 0 Å². The van der Waals surface area contributed by atoms with Crippen LogP contribution in [-0.4, -0.2) is 41.0 Å². The van der Waals surface area contributed by atoms with Crippen LogP contribution in [0.2, 0.25) is 0 Å². The van der Waals surface area contributed by atoms with Gasteiger partial charge >= 0.3 is 0 Å². The second-order valence-corrected chi connectivity index (χ2v) is 6.19. The number of thiophene rings is 1. The van der Waals surface area contributed by atoms with Crippen LogP contribution in [0.5, 0.6) is 0 Å². The van der Waals surface area contributed by atoms with E-state index in [1.54, 1.807) is 17.5 Å². The second-order valence-electron chi connectivity index (χ2n) is 5.41. The summed E-state index contributed by atoms with van der Waals surface area (Å²) in [5, 5.41) is 4.42. The minimum absolute atomic E-state index is 0.521. The second kappa shape index (κ2) is 6.08. The molecule has 108 valence electrons. The van der Waals surface area contributed by atoms with Crippen molar-refractivity contribution >= 4 is 11.3 Å². The van der Waals surface area contributed by atoms with Crippen molar-refractivity contribution in [3.63, 3.8) is 0 Å². The Kier molecular flexibility index (Phi) is 4.19. The average molecular weight is 291 g/mol. The van der Waals surface area contributed by atoms with Crippen LogP contribution in [0.15, 0.2) is 27.4 Å². The van der Waals surface area contributed by atoms with E-state index in [2.05, 4.69) is 38.5 Å². The van der Waals surface area contributed by atoms with E-state index >= 15 is 0 Å². The summed E-state index contributed by atoms with van der Waals surface area (Å²) in [6.45, 7) is 9.44. The van der Waals surface area contributed by atoms with Gasteiger partial charge < -0.3 is 4.42 Å². The molecule has 20 heavy (non-hydrogen) atoms. The zero-order valence-electron chi connectivity index (χ0n) is 12.1. The van der Waals surface area contributed by atoms with Crippen LogP contribution in [0.3, 0.4) is 0 Å². The first-order chi connectivity index (χ1) is 9.72. The molecule has 5 heteroatoms. The van der Waals surface area contributed by atoms with Gasteiger partial charge in [0.05, 0.1) is 12.7 Å². The average Bonchev–Trinajstić information content (AvgIpc) is 3.11. The quantitative estimate of drug-likeness (QED) is 0.867. The van der Waals surface area contributed by atoms with Gasteiger partial charge in [0, 0.05) is 32.2 Å². The van der Waals surface area contributed by atoms with E-state index in [0.717, 1.165) is 44.4 Å². The smallest absolute Gasteiger partial charge is 0.208 e. The first-order valence-electron chi connectivity index (χ1n) is 7.12. The van der Waals surface area contributed by atoms with Crippen molar-refractivity contribution in [3.05, 3.63) is 40.2 Å². The predicted molar refractivity (Wildman–Crippen MR) is 80.8 cm³/mol. The van der Waals surface area contributed by atoms with E-state index in [1.807, 2.05) is 6.92 Å². The Morgan fingerprint density at radius 1 is 1.35 bits per heavy atom. The summed E-state index contributed by atoms with van der Waals surface area (Å²) < 4.78 is 5.55. The van der Waals surface area contributed by atoms with Gasteiger partial charge in [0.2, 0.25) is 5.89 Å². The molecule has 1 saturated heterocycles. The third-order valence-corrected chi connectivity index (χ3v) is 4.71. The zero-order chi connectivity index (χ0) is 13.9. The molecule has 1 aliphatic heterocycles. The first kappa shape index (κ1) is 13.8. The summed E-state index contributed by atoms with van der Waals surface area (Å²) in [6.07, 6.45) is 1.80. The molecule has 1 atom stereocenters. The van der Waals surface area contributed by atoms with Gasteiger partial charge in [-0.3, -0.25) is 9.80 Å². The van der Waals surface area contributed by atoms with Crippen molar-refractivity contribution in [3.8, 4) is 0 Å². The number of oxazole rings is 1. The van der Waals surface area contributed by atoms with Gasteiger partial charge in [-0.1, -0.05) is 0 Å². The number of nitrogens with zero attached hydrogens (tertiary/aromatic N) is 3. The largest absolute Gasteiger partial charge is 0.445 e. The lowest BCUT2D eigenvalue weighted by Crippen LogP contribution is -2.46. The Hall–Kier alpha value is -1.17. The third-order valence-electron chi connectivity index (χ3n) is 4.01. The molecule has 1 fully saturated rings. The third kappa shape index (κ3) is 3.11. The molecule has 3 heterocycles. The lowest BCUT2D eigenvalue weighted by Gasteiger charge is -2.37. The fourth-order valence-corrected chi connectivity index (χ4v) is 3.45. The summed E-state index contributed by atoms with van der Waals surface area (Å²) in [4.78, 5) is 9.26. The minimum Gasteiger partial charge on any atom is -0.445 e. The molecule has 0 radical (unpaired) electrons. The van der Waals surface area contributed by atoms with Gasteiger partial charge in [-0.15, -0.1) is 0 Å². The predicted octanol–water partition coefficient (Wildman–Crippen LogP) is 2.92. The summed E-state index contributed by atoms with van der Waals surface area (Å²) >= 11 is 1.78. The van der Waals surface area contributed by atoms with Crippen molar-refractivity contribution in [1.82, 2.24) is 14.8 Å². The Morgan fingerprint density at radius 2 is 2.15 bits per heavy atom. The number of rotatable bonds is 4. The maximum atomic E-state index is 5.55. The van der Waals surface area contributed by atoms with Gasteiger partial charge in [-0.25, -0.2) is 4.98 Å². The monoisotopic (exact) mass is 291 g/mol. The Balaban J connectivity index is 1.52. The fourth-order valence-electron chi connectivity index (χ4n) is 2.70. The molecule has 1 aliphatic rings. The molecule has 0 amide bonds. The summed E-state index contributed by atoms with van der Waals surface area (Å²) in [5.41, 5.74) is 1.44.